The molecule has 46 heavy (non-hydrogen) atoms. The summed E-state index contributed by atoms with van der Waals surface area (Å²) in [7, 11) is 0. The van der Waals surface area contributed by atoms with Crippen LogP contribution < -0.4 is 9.47 Å². The van der Waals surface area contributed by atoms with Crippen molar-refractivity contribution in [1.82, 2.24) is 0 Å². The Bertz CT molecular complexity index is 1170. The van der Waals surface area contributed by atoms with Gasteiger partial charge in [-0.25, -0.2) is 4.79 Å². The number of aliphatic hydroxyl groups is 4. The van der Waals surface area contributed by atoms with E-state index in [4.69, 9.17) is 18.9 Å². The Morgan fingerprint density at radius 2 is 1.41 bits per heavy atom. The van der Waals surface area contributed by atoms with Crippen LogP contribution in [-0.2, 0) is 20.7 Å². The number of carbonyl (C=O) groups excluding carboxylic acids is 1. The van der Waals surface area contributed by atoms with E-state index in [-0.39, 0.29) is 57.6 Å². The molecule has 0 amide bonds. The fourth-order valence-corrected chi connectivity index (χ4v) is 4.91. The maximum absolute atomic E-state index is 12.2. The molecule has 0 fully saturated rings. The standard InChI is InChI=1S/C37H54O9/c1-4-5-6-7-8-10-32-13-14-35(45-17-18-46-37(42)29(3)20-31(25-40)26-41)22-36(32)33-11-9-12-34(21-33)44-16-15-43-27-28(2)19-30(23-38)24-39/h9,11-14,21-22,30-31,38-41H,2-8,10,15-20,23-27H2,1H3. The van der Waals surface area contributed by atoms with Crippen molar-refractivity contribution < 1.29 is 44.2 Å². The van der Waals surface area contributed by atoms with E-state index in [2.05, 4.69) is 26.1 Å². The maximum Gasteiger partial charge on any atom is 0.333 e. The first-order valence-corrected chi connectivity index (χ1v) is 16.4. The summed E-state index contributed by atoms with van der Waals surface area (Å²) in [6.45, 7) is 10.5. The highest BCUT2D eigenvalue weighted by molar-refractivity contribution is 5.87. The number of benzene rings is 2. The van der Waals surface area contributed by atoms with E-state index in [1.807, 2.05) is 36.4 Å². The van der Waals surface area contributed by atoms with Gasteiger partial charge in [0.1, 0.15) is 31.3 Å². The van der Waals surface area contributed by atoms with Crippen LogP contribution in [0.3, 0.4) is 0 Å². The van der Waals surface area contributed by atoms with E-state index in [0.717, 1.165) is 35.3 Å². The molecule has 0 unspecified atom stereocenters. The third kappa shape index (κ3) is 14.9. The SMILES string of the molecule is C=C(COCCOc1cccc(-c2cc(OCCOC(=O)C(=C)CC(CO)CO)ccc2CCCCCCC)c1)CC(CO)CO. The average molecular weight is 643 g/mol. The van der Waals surface area contributed by atoms with Gasteiger partial charge in [-0.15, -0.1) is 0 Å². The van der Waals surface area contributed by atoms with Gasteiger partial charge in [-0.3, -0.25) is 0 Å². The quantitative estimate of drug-likeness (QED) is 0.0468. The van der Waals surface area contributed by atoms with Gasteiger partial charge in [-0.05, 0) is 66.6 Å². The summed E-state index contributed by atoms with van der Waals surface area (Å²) in [5.41, 5.74) is 4.30. The van der Waals surface area contributed by atoms with Crippen molar-refractivity contribution in [3.8, 4) is 22.6 Å². The monoisotopic (exact) mass is 642 g/mol. The number of unbranched alkanes of at least 4 members (excludes halogenated alkanes) is 4. The lowest BCUT2D eigenvalue weighted by molar-refractivity contribution is -0.140. The molecule has 9 nitrogen and oxygen atoms in total. The first-order chi connectivity index (χ1) is 22.3. The molecule has 0 radical (unpaired) electrons. The Kier molecular flexibility index (Phi) is 19.6. The number of carbonyl (C=O) groups is 1. The van der Waals surface area contributed by atoms with Crippen molar-refractivity contribution in [2.45, 2.75) is 58.3 Å². The van der Waals surface area contributed by atoms with Gasteiger partial charge in [0.2, 0.25) is 0 Å². The minimum atomic E-state index is -0.571. The van der Waals surface area contributed by atoms with Crippen LogP contribution in [0.25, 0.3) is 11.1 Å². The third-order valence-electron chi connectivity index (χ3n) is 7.60. The zero-order valence-electron chi connectivity index (χ0n) is 27.5. The molecule has 0 saturated heterocycles. The zero-order chi connectivity index (χ0) is 33.6. The second-order valence-electron chi connectivity index (χ2n) is 11.6. The number of hydrogen-bond acceptors (Lipinski definition) is 9. The topological polar surface area (TPSA) is 135 Å². The van der Waals surface area contributed by atoms with Crippen LogP contribution in [0.1, 0.15) is 57.4 Å². The fourth-order valence-electron chi connectivity index (χ4n) is 4.91. The predicted octanol–water partition coefficient (Wildman–Crippen LogP) is 5.28. The lowest BCUT2D eigenvalue weighted by atomic mass is 9.95. The van der Waals surface area contributed by atoms with Gasteiger partial charge < -0.3 is 39.4 Å². The van der Waals surface area contributed by atoms with Crippen LogP contribution in [0, 0.1) is 11.8 Å². The highest BCUT2D eigenvalue weighted by atomic mass is 16.6. The van der Waals surface area contributed by atoms with Crippen molar-refractivity contribution >= 4 is 5.97 Å². The molecule has 0 spiro atoms. The van der Waals surface area contributed by atoms with Crippen LogP contribution in [0.5, 0.6) is 11.5 Å². The highest BCUT2D eigenvalue weighted by Gasteiger charge is 2.15. The Hall–Kier alpha value is -3.21. The molecule has 0 atom stereocenters. The van der Waals surface area contributed by atoms with Gasteiger partial charge in [0.15, 0.2) is 0 Å². The van der Waals surface area contributed by atoms with Crippen LogP contribution in [0.2, 0.25) is 0 Å². The molecule has 0 heterocycles. The highest BCUT2D eigenvalue weighted by Crippen LogP contribution is 2.32. The molecule has 0 bridgehead atoms. The predicted molar refractivity (Wildman–Crippen MR) is 180 cm³/mol. The second kappa shape index (κ2) is 23.2. The zero-order valence-corrected chi connectivity index (χ0v) is 27.5. The number of hydrogen-bond donors (Lipinski definition) is 4. The average Bonchev–Trinajstić information content (AvgIpc) is 3.07. The molecule has 2 aromatic carbocycles. The van der Waals surface area contributed by atoms with E-state index in [0.29, 0.717) is 32.0 Å². The van der Waals surface area contributed by atoms with Crippen molar-refractivity contribution in [3.63, 3.8) is 0 Å². The number of rotatable bonds is 26. The smallest absolute Gasteiger partial charge is 0.333 e. The van der Waals surface area contributed by atoms with Crippen molar-refractivity contribution in [2.75, 3.05) is 59.5 Å². The Morgan fingerprint density at radius 1 is 0.761 bits per heavy atom. The van der Waals surface area contributed by atoms with Gasteiger partial charge in [0.05, 0.1) is 13.2 Å². The van der Waals surface area contributed by atoms with Gasteiger partial charge >= 0.3 is 5.97 Å². The van der Waals surface area contributed by atoms with Gasteiger partial charge in [0, 0.05) is 43.8 Å². The number of aryl methyl sites for hydroxylation is 1. The Balaban J connectivity index is 2.00. The lowest BCUT2D eigenvalue weighted by Gasteiger charge is -2.15. The molecule has 0 aliphatic heterocycles. The first kappa shape index (κ1) is 39.0. The van der Waals surface area contributed by atoms with Crippen LogP contribution in [-0.4, -0.2) is 85.9 Å². The third-order valence-corrected chi connectivity index (χ3v) is 7.60. The van der Waals surface area contributed by atoms with Crippen molar-refractivity contribution in [1.29, 1.82) is 0 Å². The first-order valence-electron chi connectivity index (χ1n) is 16.4. The number of ether oxygens (including phenoxy) is 4. The molecule has 2 rings (SSSR count). The lowest BCUT2D eigenvalue weighted by Crippen LogP contribution is -2.18. The van der Waals surface area contributed by atoms with Crippen molar-refractivity contribution in [2.24, 2.45) is 11.8 Å². The van der Waals surface area contributed by atoms with Gasteiger partial charge in [0.25, 0.3) is 0 Å². The molecule has 4 N–H and O–H groups in total. The molecule has 0 aromatic heterocycles. The normalized spacial score (nSPS) is 11.2. The summed E-state index contributed by atoms with van der Waals surface area (Å²) < 4.78 is 22.9. The van der Waals surface area contributed by atoms with E-state index < -0.39 is 11.9 Å². The van der Waals surface area contributed by atoms with E-state index >= 15 is 0 Å². The van der Waals surface area contributed by atoms with Crippen LogP contribution in [0.4, 0.5) is 0 Å². The minimum absolute atomic E-state index is 0.0392. The maximum atomic E-state index is 12.2. The van der Waals surface area contributed by atoms with Gasteiger partial charge in [-0.1, -0.05) is 69.5 Å². The summed E-state index contributed by atoms with van der Waals surface area (Å²) in [5.74, 6) is 0.153. The molecular formula is C37H54O9. The van der Waals surface area contributed by atoms with E-state index in [9.17, 15) is 25.2 Å². The largest absolute Gasteiger partial charge is 0.491 e. The number of esters is 1. The number of aliphatic hydroxyl groups excluding tert-OH is 4. The molecule has 0 aliphatic carbocycles. The molecule has 2 aromatic rings. The molecule has 0 saturated carbocycles. The summed E-state index contributed by atoms with van der Waals surface area (Å²) >= 11 is 0. The second-order valence-corrected chi connectivity index (χ2v) is 11.6. The van der Waals surface area contributed by atoms with Crippen LogP contribution >= 0.6 is 0 Å². The van der Waals surface area contributed by atoms with E-state index in [1.54, 1.807) is 0 Å². The minimum Gasteiger partial charge on any atom is -0.491 e. The van der Waals surface area contributed by atoms with Crippen LogP contribution in [0.15, 0.2) is 66.8 Å². The molecule has 0 aliphatic rings. The summed E-state index contributed by atoms with van der Waals surface area (Å²) in [4.78, 5) is 12.2. The summed E-state index contributed by atoms with van der Waals surface area (Å²) in [5, 5.41) is 36.9. The Morgan fingerprint density at radius 3 is 2.11 bits per heavy atom. The summed E-state index contributed by atoms with van der Waals surface area (Å²) in [6, 6.07) is 14.0. The fraction of sp³-hybridized carbons (Fsp3) is 0.541. The molecule has 256 valence electrons. The van der Waals surface area contributed by atoms with Gasteiger partial charge in [-0.2, -0.15) is 0 Å². The van der Waals surface area contributed by atoms with E-state index in [1.165, 1.54) is 31.2 Å². The van der Waals surface area contributed by atoms with Crippen molar-refractivity contribution in [3.05, 3.63) is 72.3 Å². The Labute approximate surface area is 274 Å². The molecule has 9 heteroatoms. The summed E-state index contributed by atoms with van der Waals surface area (Å²) in [6.07, 6.45) is 7.55. The molecular weight excluding hydrogens is 588 g/mol.